The first-order valence-electron chi connectivity index (χ1n) is 3.71. The number of hydrogen-bond acceptors (Lipinski definition) is 1. The Balaban J connectivity index is 1.91. The standard InChI is InChI=1S/C8H13BrO/c1-6(9)3-2-4-7-5-8(7)10/h7-8,10H,1-5H2. The maximum absolute atomic E-state index is 8.96. The van der Waals surface area contributed by atoms with E-state index in [2.05, 4.69) is 22.5 Å². The summed E-state index contributed by atoms with van der Waals surface area (Å²) in [6.07, 6.45) is 4.40. The number of aliphatic hydroxyl groups excluding tert-OH is 1. The maximum atomic E-state index is 8.96. The van der Waals surface area contributed by atoms with Crippen molar-refractivity contribution in [1.29, 1.82) is 0 Å². The molecule has 1 N–H and O–H groups in total. The van der Waals surface area contributed by atoms with Gasteiger partial charge in [0.2, 0.25) is 0 Å². The lowest BCUT2D eigenvalue weighted by molar-refractivity contribution is 0.256. The van der Waals surface area contributed by atoms with Crippen LogP contribution in [0, 0.1) is 5.92 Å². The van der Waals surface area contributed by atoms with Crippen molar-refractivity contribution in [2.75, 3.05) is 0 Å². The van der Waals surface area contributed by atoms with Crippen LogP contribution in [0.1, 0.15) is 25.7 Å². The second-order valence-electron chi connectivity index (χ2n) is 2.97. The maximum Gasteiger partial charge on any atom is 0.0573 e. The summed E-state index contributed by atoms with van der Waals surface area (Å²) in [4.78, 5) is 0. The zero-order valence-corrected chi connectivity index (χ0v) is 7.60. The van der Waals surface area contributed by atoms with Crippen molar-refractivity contribution in [2.24, 2.45) is 5.92 Å². The fourth-order valence-electron chi connectivity index (χ4n) is 1.10. The van der Waals surface area contributed by atoms with E-state index in [1.54, 1.807) is 0 Å². The van der Waals surface area contributed by atoms with Crippen LogP contribution in [0.4, 0.5) is 0 Å². The summed E-state index contributed by atoms with van der Waals surface area (Å²) < 4.78 is 1.07. The average Bonchev–Trinajstić information content (AvgIpc) is 2.46. The Bertz CT molecular complexity index is 133. The van der Waals surface area contributed by atoms with E-state index < -0.39 is 0 Å². The van der Waals surface area contributed by atoms with Crippen LogP contribution in [0.3, 0.4) is 0 Å². The Morgan fingerprint density at radius 3 is 2.70 bits per heavy atom. The van der Waals surface area contributed by atoms with Crippen molar-refractivity contribution in [1.82, 2.24) is 0 Å². The number of hydrogen-bond donors (Lipinski definition) is 1. The molecule has 1 aliphatic carbocycles. The van der Waals surface area contributed by atoms with Crippen LogP contribution in [0.15, 0.2) is 11.1 Å². The van der Waals surface area contributed by atoms with Crippen LogP contribution in [0.5, 0.6) is 0 Å². The van der Waals surface area contributed by atoms with E-state index in [4.69, 9.17) is 5.11 Å². The third-order valence-electron chi connectivity index (χ3n) is 1.91. The summed E-state index contributed by atoms with van der Waals surface area (Å²) in [7, 11) is 0. The summed E-state index contributed by atoms with van der Waals surface area (Å²) in [6.45, 7) is 3.75. The van der Waals surface area contributed by atoms with Gasteiger partial charge < -0.3 is 5.11 Å². The van der Waals surface area contributed by atoms with Gasteiger partial charge >= 0.3 is 0 Å². The normalized spacial score (nSPS) is 30.2. The first kappa shape index (κ1) is 8.28. The Kier molecular flexibility index (Phi) is 2.93. The van der Waals surface area contributed by atoms with Gasteiger partial charge in [0.25, 0.3) is 0 Å². The van der Waals surface area contributed by atoms with Crippen molar-refractivity contribution in [3.8, 4) is 0 Å². The zero-order chi connectivity index (χ0) is 7.56. The summed E-state index contributed by atoms with van der Waals surface area (Å²) in [5.74, 6) is 0.604. The summed E-state index contributed by atoms with van der Waals surface area (Å²) in [5, 5.41) is 8.96. The van der Waals surface area contributed by atoms with Crippen LogP contribution in [-0.4, -0.2) is 11.2 Å². The van der Waals surface area contributed by atoms with Gasteiger partial charge in [0.05, 0.1) is 6.10 Å². The van der Waals surface area contributed by atoms with Gasteiger partial charge in [-0.05, 0) is 36.1 Å². The largest absolute Gasteiger partial charge is 0.393 e. The minimum Gasteiger partial charge on any atom is -0.393 e. The first-order valence-corrected chi connectivity index (χ1v) is 4.51. The summed E-state index contributed by atoms with van der Waals surface area (Å²) in [6, 6.07) is 0. The summed E-state index contributed by atoms with van der Waals surface area (Å²) in [5.41, 5.74) is 0. The molecule has 0 aromatic rings. The molecule has 58 valence electrons. The van der Waals surface area contributed by atoms with Gasteiger partial charge in [-0.1, -0.05) is 22.5 Å². The Morgan fingerprint density at radius 1 is 1.70 bits per heavy atom. The molecule has 2 atom stereocenters. The highest BCUT2D eigenvalue weighted by atomic mass is 79.9. The fourth-order valence-corrected chi connectivity index (χ4v) is 1.38. The lowest BCUT2D eigenvalue weighted by Crippen LogP contribution is -1.85. The predicted octanol–water partition coefficient (Wildman–Crippen LogP) is 2.45. The van der Waals surface area contributed by atoms with Crippen molar-refractivity contribution in [3.05, 3.63) is 11.1 Å². The third-order valence-corrected chi connectivity index (χ3v) is 2.30. The van der Waals surface area contributed by atoms with Gasteiger partial charge in [-0.3, -0.25) is 0 Å². The Morgan fingerprint density at radius 2 is 2.30 bits per heavy atom. The zero-order valence-electron chi connectivity index (χ0n) is 6.02. The van der Waals surface area contributed by atoms with E-state index in [0.29, 0.717) is 5.92 Å². The van der Waals surface area contributed by atoms with Gasteiger partial charge in [-0.15, -0.1) is 0 Å². The van der Waals surface area contributed by atoms with Crippen LogP contribution >= 0.6 is 15.9 Å². The molecule has 0 aromatic carbocycles. The highest BCUT2D eigenvalue weighted by molar-refractivity contribution is 9.11. The summed E-state index contributed by atoms with van der Waals surface area (Å²) >= 11 is 3.30. The highest BCUT2D eigenvalue weighted by Gasteiger charge is 2.33. The van der Waals surface area contributed by atoms with E-state index in [1.807, 2.05) is 0 Å². The minimum atomic E-state index is 0.0172. The van der Waals surface area contributed by atoms with Gasteiger partial charge in [0.1, 0.15) is 0 Å². The lowest BCUT2D eigenvalue weighted by Gasteiger charge is -1.95. The van der Waals surface area contributed by atoms with Gasteiger partial charge in [-0.25, -0.2) is 0 Å². The molecular formula is C8H13BrO. The van der Waals surface area contributed by atoms with E-state index in [0.717, 1.165) is 30.2 Å². The predicted molar refractivity (Wildman–Crippen MR) is 46.0 cm³/mol. The van der Waals surface area contributed by atoms with Crippen LogP contribution < -0.4 is 0 Å². The molecule has 1 saturated carbocycles. The minimum absolute atomic E-state index is 0.0172. The first-order chi connectivity index (χ1) is 4.70. The second-order valence-corrected chi connectivity index (χ2v) is 4.09. The van der Waals surface area contributed by atoms with Crippen molar-refractivity contribution in [2.45, 2.75) is 31.8 Å². The van der Waals surface area contributed by atoms with Crippen molar-refractivity contribution < 1.29 is 5.11 Å². The number of allylic oxidation sites excluding steroid dienone is 1. The average molecular weight is 205 g/mol. The van der Waals surface area contributed by atoms with E-state index in [1.165, 1.54) is 0 Å². The van der Waals surface area contributed by atoms with Gasteiger partial charge in [0.15, 0.2) is 0 Å². The molecule has 0 amide bonds. The van der Waals surface area contributed by atoms with E-state index in [9.17, 15) is 0 Å². The second kappa shape index (κ2) is 3.54. The smallest absolute Gasteiger partial charge is 0.0573 e. The van der Waals surface area contributed by atoms with Crippen LogP contribution in [0.25, 0.3) is 0 Å². The molecule has 0 radical (unpaired) electrons. The Hall–Kier alpha value is 0.180. The molecule has 0 spiro atoms. The molecule has 10 heavy (non-hydrogen) atoms. The number of aliphatic hydroxyl groups is 1. The van der Waals surface area contributed by atoms with Crippen molar-refractivity contribution in [3.63, 3.8) is 0 Å². The van der Waals surface area contributed by atoms with E-state index >= 15 is 0 Å². The molecule has 1 nitrogen and oxygen atoms in total. The molecule has 1 rings (SSSR count). The van der Waals surface area contributed by atoms with E-state index in [-0.39, 0.29) is 6.10 Å². The Labute approximate surface area is 70.3 Å². The van der Waals surface area contributed by atoms with Gasteiger partial charge in [-0.2, -0.15) is 0 Å². The molecule has 0 saturated heterocycles. The molecule has 0 aliphatic heterocycles. The van der Waals surface area contributed by atoms with Gasteiger partial charge in [0, 0.05) is 0 Å². The molecule has 1 aliphatic rings. The van der Waals surface area contributed by atoms with Crippen LogP contribution in [0.2, 0.25) is 0 Å². The lowest BCUT2D eigenvalue weighted by atomic mass is 10.2. The van der Waals surface area contributed by atoms with Crippen molar-refractivity contribution >= 4 is 15.9 Å². The van der Waals surface area contributed by atoms with Crippen LogP contribution in [-0.2, 0) is 0 Å². The highest BCUT2D eigenvalue weighted by Crippen LogP contribution is 2.35. The number of rotatable bonds is 4. The third kappa shape index (κ3) is 2.84. The monoisotopic (exact) mass is 204 g/mol. The molecular weight excluding hydrogens is 192 g/mol. The molecule has 2 heteroatoms. The number of halogens is 1. The topological polar surface area (TPSA) is 20.2 Å². The fraction of sp³-hybridized carbons (Fsp3) is 0.750. The molecule has 0 heterocycles. The SMILES string of the molecule is C=C(Br)CCCC1CC1O. The molecule has 0 bridgehead atoms. The molecule has 2 unspecified atom stereocenters. The quantitative estimate of drug-likeness (QED) is 0.747. The molecule has 1 fully saturated rings. The molecule has 0 aromatic heterocycles.